The van der Waals surface area contributed by atoms with Gasteiger partial charge in [0.25, 0.3) is 0 Å². The van der Waals surface area contributed by atoms with Crippen LogP contribution in [0.1, 0.15) is 18.9 Å². The van der Waals surface area contributed by atoms with E-state index in [1.54, 1.807) is 0 Å². The molecule has 3 heterocycles. The molecule has 2 aromatic rings. The topological polar surface area (TPSA) is 199 Å². The molecule has 23 heavy (non-hydrogen) atoms. The molecule has 6 N–H and O–H groups in total. The van der Waals surface area contributed by atoms with Crippen LogP contribution in [-0.4, -0.2) is 59.9 Å². The van der Waals surface area contributed by atoms with Crippen molar-refractivity contribution < 1.29 is 20.1 Å². The summed E-state index contributed by atoms with van der Waals surface area (Å²) in [5, 5.41) is 40.4. The number of aromatic amines is 1. The van der Waals surface area contributed by atoms with Gasteiger partial charge in [0.15, 0.2) is 11.6 Å². The molecule has 0 bridgehead atoms. The van der Waals surface area contributed by atoms with Crippen molar-refractivity contribution in [1.82, 2.24) is 20.2 Å². The molecule has 12 heteroatoms. The van der Waals surface area contributed by atoms with E-state index in [0.717, 1.165) is 0 Å². The normalized spacial score (nSPS) is 30.5. The smallest absolute Gasteiger partial charge is 0.177 e. The molecule has 0 aromatic carbocycles. The molecular formula is C11H14N8O4. The van der Waals surface area contributed by atoms with Gasteiger partial charge in [-0.05, 0) is 17.6 Å². The van der Waals surface area contributed by atoms with Crippen molar-refractivity contribution in [3.05, 3.63) is 16.3 Å². The lowest BCUT2D eigenvalue weighted by molar-refractivity contribution is -0.0671. The molecule has 122 valence electrons. The molecule has 1 fully saturated rings. The lowest BCUT2D eigenvalue weighted by atomic mass is 9.92. The summed E-state index contributed by atoms with van der Waals surface area (Å²) in [6, 6.07) is 0. The van der Waals surface area contributed by atoms with Crippen molar-refractivity contribution in [2.45, 2.75) is 30.8 Å². The number of azide groups is 1. The van der Waals surface area contributed by atoms with E-state index in [1.807, 2.05) is 0 Å². The third-order valence-electron chi connectivity index (χ3n) is 3.80. The van der Waals surface area contributed by atoms with Crippen molar-refractivity contribution in [2.24, 2.45) is 5.11 Å². The number of anilines is 1. The van der Waals surface area contributed by atoms with Crippen molar-refractivity contribution in [1.29, 1.82) is 0 Å². The number of nitrogens with zero attached hydrogens (tertiary/aromatic N) is 6. The minimum absolute atomic E-state index is 0.0209. The summed E-state index contributed by atoms with van der Waals surface area (Å²) in [5.74, 6) is 0.0690. The lowest BCUT2D eigenvalue weighted by Gasteiger charge is -2.25. The molecule has 1 saturated heterocycles. The minimum atomic E-state index is -1.70. The number of aliphatic hydroxyl groups is 3. The fourth-order valence-corrected chi connectivity index (χ4v) is 2.57. The average Bonchev–Trinajstić information content (AvgIpc) is 3.04. The molecular weight excluding hydrogens is 308 g/mol. The van der Waals surface area contributed by atoms with E-state index < -0.39 is 30.5 Å². The number of aliphatic hydroxyl groups excluding tert-OH is 2. The van der Waals surface area contributed by atoms with Crippen LogP contribution in [0.5, 0.6) is 0 Å². The van der Waals surface area contributed by atoms with Crippen LogP contribution in [0.25, 0.3) is 21.5 Å². The van der Waals surface area contributed by atoms with Crippen molar-refractivity contribution >= 4 is 22.7 Å². The van der Waals surface area contributed by atoms with Gasteiger partial charge in [-0.15, -0.1) is 10.2 Å². The molecule has 0 radical (unpaired) electrons. The van der Waals surface area contributed by atoms with Gasteiger partial charge in [0.1, 0.15) is 40.8 Å². The first-order valence-corrected chi connectivity index (χ1v) is 6.63. The van der Waals surface area contributed by atoms with E-state index >= 15 is 0 Å². The quantitative estimate of drug-likeness (QED) is 0.280. The number of rotatable bonds is 3. The summed E-state index contributed by atoms with van der Waals surface area (Å²) in [7, 11) is 0. The molecule has 0 amide bonds. The summed E-state index contributed by atoms with van der Waals surface area (Å²) in [4.78, 5) is 9.65. The Morgan fingerprint density at radius 3 is 2.87 bits per heavy atom. The van der Waals surface area contributed by atoms with E-state index in [4.69, 9.17) is 16.0 Å². The Kier molecular flexibility index (Phi) is 3.55. The maximum absolute atomic E-state index is 10.5. The molecule has 0 saturated carbocycles. The first kappa shape index (κ1) is 15.4. The van der Waals surface area contributed by atoms with Crippen molar-refractivity contribution in [3.63, 3.8) is 0 Å². The zero-order chi connectivity index (χ0) is 16.8. The Labute approximate surface area is 128 Å². The Morgan fingerprint density at radius 2 is 2.26 bits per heavy atom. The van der Waals surface area contributed by atoms with Gasteiger partial charge in [0.05, 0.1) is 6.61 Å². The first-order valence-electron chi connectivity index (χ1n) is 6.63. The fourth-order valence-electron chi connectivity index (χ4n) is 2.57. The van der Waals surface area contributed by atoms with Gasteiger partial charge < -0.3 is 30.8 Å². The number of imidazole rings is 1. The lowest BCUT2D eigenvalue weighted by Crippen LogP contribution is -2.43. The first-order chi connectivity index (χ1) is 10.9. The molecule has 1 aliphatic rings. The van der Waals surface area contributed by atoms with Crippen LogP contribution in [0.15, 0.2) is 5.11 Å². The van der Waals surface area contributed by atoms with Gasteiger partial charge >= 0.3 is 0 Å². The van der Waals surface area contributed by atoms with Crippen LogP contribution in [0.4, 0.5) is 11.6 Å². The summed E-state index contributed by atoms with van der Waals surface area (Å²) < 4.78 is 5.46. The molecule has 2 aromatic heterocycles. The highest BCUT2D eigenvalue weighted by atomic mass is 16.6. The van der Waals surface area contributed by atoms with Crippen LogP contribution in [-0.2, 0) is 4.74 Å². The number of ether oxygens (including phenoxy) is 1. The van der Waals surface area contributed by atoms with Gasteiger partial charge in [-0.25, -0.2) is 4.98 Å². The second-order valence-corrected chi connectivity index (χ2v) is 5.35. The zero-order valence-corrected chi connectivity index (χ0v) is 11.9. The predicted molar refractivity (Wildman–Crippen MR) is 76.2 cm³/mol. The van der Waals surface area contributed by atoms with Crippen LogP contribution in [0.2, 0.25) is 0 Å². The number of nitrogens with two attached hydrogens (primary N) is 1. The van der Waals surface area contributed by atoms with Gasteiger partial charge in [-0.1, -0.05) is 0 Å². The summed E-state index contributed by atoms with van der Waals surface area (Å²) in [6.45, 7) is 0.892. The maximum atomic E-state index is 10.5. The number of aromatic nitrogens is 4. The van der Waals surface area contributed by atoms with Crippen LogP contribution < -0.4 is 5.73 Å². The number of hydrogen-bond acceptors (Lipinski definition) is 9. The van der Waals surface area contributed by atoms with Gasteiger partial charge in [-0.2, -0.15) is 0 Å². The van der Waals surface area contributed by atoms with Crippen LogP contribution >= 0.6 is 0 Å². The SMILES string of the molecule is C[C@@]1(O)[C@H](O)[C@@H](CO)O[C@H]1c1nc2c(N=[N+]=[N-])nnc(N)c2[nH]1. The maximum Gasteiger partial charge on any atom is 0.177 e. The Hall–Kier alpha value is -2.50. The Balaban J connectivity index is 2.12. The number of hydrogen-bond donors (Lipinski definition) is 5. The summed E-state index contributed by atoms with van der Waals surface area (Å²) in [6.07, 6.45) is -3.33. The second kappa shape index (κ2) is 5.30. The molecule has 0 aliphatic carbocycles. The predicted octanol–water partition coefficient (Wildman–Crippen LogP) is -0.579. The second-order valence-electron chi connectivity index (χ2n) is 5.35. The standard InChI is InChI=1S/C11H14N8O4/c1-11(22)6(21)3(2-20)23-7(11)10-14-4-5(15-10)9(18-19-13)17-16-8(4)12/h3,6-7,20-22H,2H2,1H3,(H2,12,16)(H,14,15)/t3-,6-,7+,11-/m1/s1. The molecule has 4 atom stereocenters. The van der Waals surface area contributed by atoms with Gasteiger partial charge in [0, 0.05) is 4.91 Å². The van der Waals surface area contributed by atoms with E-state index in [1.165, 1.54) is 6.92 Å². The Bertz CT molecular complexity index is 799. The third-order valence-corrected chi connectivity index (χ3v) is 3.80. The molecule has 3 rings (SSSR count). The number of nitrogen functional groups attached to an aromatic ring is 1. The highest BCUT2D eigenvalue weighted by Crippen LogP contribution is 2.41. The number of nitrogens with one attached hydrogen (secondary N) is 1. The molecule has 0 unspecified atom stereocenters. The fraction of sp³-hybridized carbons (Fsp3) is 0.545. The third kappa shape index (κ3) is 2.25. The molecule has 12 nitrogen and oxygen atoms in total. The highest BCUT2D eigenvalue weighted by Gasteiger charge is 2.53. The van der Waals surface area contributed by atoms with Crippen molar-refractivity contribution in [2.75, 3.05) is 12.3 Å². The number of fused-ring (bicyclic) bond motifs is 1. The molecule has 0 spiro atoms. The Morgan fingerprint density at radius 1 is 1.52 bits per heavy atom. The average molecular weight is 322 g/mol. The van der Waals surface area contributed by atoms with Crippen molar-refractivity contribution in [3.8, 4) is 0 Å². The van der Waals surface area contributed by atoms with E-state index in [0.29, 0.717) is 0 Å². The van der Waals surface area contributed by atoms with Gasteiger partial charge in [0.2, 0.25) is 0 Å². The monoisotopic (exact) mass is 322 g/mol. The summed E-state index contributed by atoms with van der Waals surface area (Å²) in [5.41, 5.74) is 13.0. The number of H-pyrrole nitrogens is 1. The molecule has 1 aliphatic heterocycles. The largest absolute Gasteiger partial charge is 0.394 e. The van der Waals surface area contributed by atoms with E-state index in [-0.39, 0.29) is 28.5 Å². The van der Waals surface area contributed by atoms with Gasteiger partial charge in [-0.3, -0.25) is 0 Å². The highest BCUT2D eigenvalue weighted by molar-refractivity contribution is 5.91. The van der Waals surface area contributed by atoms with E-state index in [9.17, 15) is 15.3 Å². The van der Waals surface area contributed by atoms with Crippen LogP contribution in [0.3, 0.4) is 0 Å². The minimum Gasteiger partial charge on any atom is -0.394 e. The van der Waals surface area contributed by atoms with E-state index in [2.05, 4.69) is 30.2 Å². The van der Waals surface area contributed by atoms with Crippen LogP contribution in [0, 0.1) is 0 Å². The summed E-state index contributed by atoms with van der Waals surface area (Å²) >= 11 is 0. The zero-order valence-electron chi connectivity index (χ0n) is 11.9.